The Bertz CT molecular complexity index is 954. The van der Waals surface area contributed by atoms with E-state index in [0.717, 1.165) is 36.3 Å². The SMILES string of the molecule is O=C(CSc1nc(-c2ccccc2)[nH]c1-c1ccc(F)cc1)NCC1CCCO1. The van der Waals surface area contributed by atoms with Crippen LogP contribution in [0.1, 0.15) is 12.8 Å². The minimum Gasteiger partial charge on any atom is -0.376 e. The number of carbonyl (C=O) groups excluding carboxylic acids is 1. The third-order valence-corrected chi connectivity index (χ3v) is 5.72. The summed E-state index contributed by atoms with van der Waals surface area (Å²) in [4.78, 5) is 20.3. The van der Waals surface area contributed by atoms with E-state index in [4.69, 9.17) is 9.72 Å². The highest BCUT2D eigenvalue weighted by atomic mass is 32.2. The third kappa shape index (κ3) is 5.05. The molecular weight excluding hydrogens is 389 g/mol. The van der Waals surface area contributed by atoms with Crippen LogP contribution in [0.4, 0.5) is 4.39 Å². The lowest BCUT2D eigenvalue weighted by atomic mass is 10.2. The molecule has 0 aliphatic carbocycles. The summed E-state index contributed by atoms with van der Waals surface area (Å²) in [5.41, 5.74) is 2.55. The van der Waals surface area contributed by atoms with E-state index in [0.29, 0.717) is 17.4 Å². The van der Waals surface area contributed by atoms with Gasteiger partial charge in [0.1, 0.15) is 16.7 Å². The van der Waals surface area contributed by atoms with Crippen LogP contribution in [-0.4, -0.2) is 40.9 Å². The molecule has 1 aliphatic heterocycles. The molecule has 1 atom stereocenters. The fourth-order valence-corrected chi connectivity index (χ4v) is 4.06. The number of nitrogens with zero attached hydrogens (tertiary/aromatic N) is 1. The number of thioether (sulfide) groups is 1. The van der Waals surface area contributed by atoms with Crippen LogP contribution in [0.5, 0.6) is 0 Å². The van der Waals surface area contributed by atoms with Crippen molar-refractivity contribution in [1.82, 2.24) is 15.3 Å². The smallest absolute Gasteiger partial charge is 0.230 e. The number of amides is 1. The molecule has 1 aliphatic rings. The fourth-order valence-electron chi connectivity index (χ4n) is 3.22. The first-order valence-electron chi connectivity index (χ1n) is 9.61. The highest BCUT2D eigenvalue weighted by molar-refractivity contribution is 8.00. The van der Waals surface area contributed by atoms with E-state index in [9.17, 15) is 9.18 Å². The van der Waals surface area contributed by atoms with E-state index in [-0.39, 0.29) is 23.6 Å². The highest BCUT2D eigenvalue weighted by Crippen LogP contribution is 2.32. The lowest BCUT2D eigenvalue weighted by molar-refractivity contribution is -0.119. The number of imidazole rings is 1. The van der Waals surface area contributed by atoms with Gasteiger partial charge < -0.3 is 15.0 Å². The number of ether oxygens (including phenoxy) is 1. The van der Waals surface area contributed by atoms with E-state index >= 15 is 0 Å². The van der Waals surface area contributed by atoms with Gasteiger partial charge in [0.15, 0.2) is 0 Å². The van der Waals surface area contributed by atoms with Gasteiger partial charge in [-0.15, -0.1) is 0 Å². The molecule has 0 bridgehead atoms. The summed E-state index contributed by atoms with van der Waals surface area (Å²) >= 11 is 1.36. The quantitative estimate of drug-likeness (QED) is 0.570. The number of nitrogens with one attached hydrogen (secondary N) is 2. The molecule has 1 saturated heterocycles. The van der Waals surface area contributed by atoms with Crippen LogP contribution in [0.3, 0.4) is 0 Å². The molecule has 7 heteroatoms. The second kappa shape index (κ2) is 9.24. The van der Waals surface area contributed by atoms with Gasteiger partial charge in [0.05, 0.1) is 17.6 Å². The first kappa shape index (κ1) is 19.7. The summed E-state index contributed by atoms with van der Waals surface area (Å²) in [6, 6.07) is 16.0. The summed E-state index contributed by atoms with van der Waals surface area (Å²) in [7, 11) is 0. The summed E-state index contributed by atoms with van der Waals surface area (Å²) in [6.45, 7) is 1.31. The average molecular weight is 412 g/mol. The van der Waals surface area contributed by atoms with Gasteiger partial charge in [0, 0.05) is 24.3 Å². The van der Waals surface area contributed by atoms with E-state index in [1.807, 2.05) is 30.3 Å². The molecule has 2 heterocycles. The zero-order chi connectivity index (χ0) is 20.1. The number of carbonyl (C=O) groups is 1. The maximum atomic E-state index is 13.3. The number of halogens is 1. The number of aromatic amines is 1. The van der Waals surface area contributed by atoms with Gasteiger partial charge in [-0.05, 0) is 37.1 Å². The summed E-state index contributed by atoms with van der Waals surface area (Å²) in [5, 5.41) is 3.64. The van der Waals surface area contributed by atoms with Crippen LogP contribution in [0.25, 0.3) is 22.6 Å². The Morgan fingerprint density at radius 2 is 1.97 bits per heavy atom. The van der Waals surface area contributed by atoms with Crippen LogP contribution in [0, 0.1) is 5.82 Å². The molecule has 1 fully saturated rings. The van der Waals surface area contributed by atoms with Gasteiger partial charge in [-0.25, -0.2) is 9.37 Å². The van der Waals surface area contributed by atoms with Crippen molar-refractivity contribution < 1.29 is 13.9 Å². The Balaban J connectivity index is 1.50. The van der Waals surface area contributed by atoms with Crippen molar-refractivity contribution in [3.05, 3.63) is 60.4 Å². The predicted molar refractivity (Wildman–Crippen MR) is 112 cm³/mol. The minimum atomic E-state index is -0.292. The Hall–Kier alpha value is -2.64. The second-order valence-corrected chi connectivity index (χ2v) is 7.83. The average Bonchev–Trinajstić information content (AvgIpc) is 3.42. The van der Waals surface area contributed by atoms with E-state index in [1.54, 1.807) is 12.1 Å². The zero-order valence-electron chi connectivity index (χ0n) is 15.9. The van der Waals surface area contributed by atoms with Crippen LogP contribution < -0.4 is 5.32 Å². The van der Waals surface area contributed by atoms with E-state index in [2.05, 4.69) is 10.3 Å². The van der Waals surface area contributed by atoms with Crippen molar-refractivity contribution in [3.63, 3.8) is 0 Å². The summed E-state index contributed by atoms with van der Waals surface area (Å²) in [5.74, 6) is 0.617. The number of rotatable bonds is 7. The predicted octanol–water partition coefficient (Wildman–Crippen LogP) is 4.27. The standard InChI is InChI=1S/C22H22FN3O2S/c23-17-10-8-15(9-11-17)20-22(26-21(25-20)16-5-2-1-3-6-16)29-14-19(27)24-13-18-7-4-12-28-18/h1-3,5-6,8-11,18H,4,7,12-14H2,(H,24,27)(H,25,26). The maximum absolute atomic E-state index is 13.3. The number of hydrogen-bond acceptors (Lipinski definition) is 4. The minimum absolute atomic E-state index is 0.0557. The van der Waals surface area contributed by atoms with Gasteiger partial charge >= 0.3 is 0 Å². The van der Waals surface area contributed by atoms with Crippen molar-refractivity contribution in [3.8, 4) is 22.6 Å². The lowest BCUT2D eigenvalue weighted by Crippen LogP contribution is -2.32. The molecule has 2 N–H and O–H groups in total. The molecule has 150 valence electrons. The number of aromatic nitrogens is 2. The van der Waals surface area contributed by atoms with Gasteiger partial charge in [0.25, 0.3) is 0 Å². The second-order valence-electron chi connectivity index (χ2n) is 6.87. The summed E-state index contributed by atoms with van der Waals surface area (Å²) < 4.78 is 18.9. The topological polar surface area (TPSA) is 67.0 Å². The summed E-state index contributed by atoms with van der Waals surface area (Å²) in [6.07, 6.45) is 2.15. The normalized spacial score (nSPS) is 16.1. The zero-order valence-corrected chi connectivity index (χ0v) is 16.7. The largest absolute Gasteiger partial charge is 0.376 e. The third-order valence-electron chi connectivity index (χ3n) is 4.74. The van der Waals surface area contributed by atoms with Gasteiger partial charge in [-0.1, -0.05) is 42.1 Å². The molecular formula is C22H22FN3O2S. The van der Waals surface area contributed by atoms with Gasteiger partial charge in [0.2, 0.25) is 5.91 Å². The van der Waals surface area contributed by atoms with Crippen molar-refractivity contribution in [2.45, 2.75) is 24.0 Å². The molecule has 5 nitrogen and oxygen atoms in total. The Labute approximate surface area is 173 Å². The van der Waals surface area contributed by atoms with E-state index in [1.165, 1.54) is 23.9 Å². The van der Waals surface area contributed by atoms with Crippen LogP contribution in [0.15, 0.2) is 59.6 Å². The van der Waals surface area contributed by atoms with Crippen LogP contribution in [-0.2, 0) is 9.53 Å². The molecule has 0 saturated carbocycles. The Morgan fingerprint density at radius 3 is 2.69 bits per heavy atom. The monoisotopic (exact) mass is 411 g/mol. The van der Waals surface area contributed by atoms with Crippen LogP contribution in [0.2, 0.25) is 0 Å². The molecule has 4 rings (SSSR count). The Kier molecular flexibility index (Phi) is 6.27. The van der Waals surface area contributed by atoms with Crippen molar-refractivity contribution in [2.24, 2.45) is 0 Å². The molecule has 3 aromatic rings. The first-order valence-corrected chi connectivity index (χ1v) is 10.6. The van der Waals surface area contributed by atoms with Crippen molar-refractivity contribution in [2.75, 3.05) is 18.9 Å². The first-order chi connectivity index (χ1) is 14.2. The van der Waals surface area contributed by atoms with Gasteiger partial charge in [-0.2, -0.15) is 0 Å². The fraction of sp³-hybridized carbons (Fsp3) is 0.273. The Morgan fingerprint density at radius 1 is 1.17 bits per heavy atom. The number of H-pyrrole nitrogens is 1. The number of benzene rings is 2. The van der Waals surface area contributed by atoms with Crippen LogP contribution >= 0.6 is 11.8 Å². The molecule has 29 heavy (non-hydrogen) atoms. The highest BCUT2D eigenvalue weighted by Gasteiger charge is 2.18. The maximum Gasteiger partial charge on any atom is 0.230 e. The van der Waals surface area contributed by atoms with Crippen molar-refractivity contribution >= 4 is 17.7 Å². The number of hydrogen-bond donors (Lipinski definition) is 2. The molecule has 1 amide bonds. The molecule has 2 aromatic carbocycles. The molecule has 1 aromatic heterocycles. The van der Waals surface area contributed by atoms with Crippen molar-refractivity contribution in [1.29, 1.82) is 0 Å². The van der Waals surface area contributed by atoms with Gasteiger partial charge in [-0.3, -0.25) is 4.79 Å². The lowest BCUT2D eigenvalue weighted by Gasteiger charge is -2.10. The van der Waals surface area contributed by atoms with E-state index < -0.39 is 0 Å². The molecule has 0 spiro atoms. The molecule has 0 radical (unpaired) electrons. The molecule has 1 unspecified atom stereocenters.